The van der Waals surface area contributed by atoms with Crippen LogP contribution in [0, 0.1) is 0 Å². The third-order valence-electron chi connectivity index (χ3n) is 1.19. The van der Waals surface area contributed by atoms with Gasteiger partial charge in [-0.05, 0) is 6.42 Å². The summed E-state index contributed by atoms with van der Waals surface area (Å²) in [5.41, 5.74) is 0. The highest BCUT2D eigenvalue weighted by Crippen LogP contribution is 2.11. The molecular weight excluding hydrogens is 133 g/mol. The zero-order chi connectivity index (χ0) is 7.28. The number of rotatable bonds is 0. The Hall–Kier alpha value is 0.350. The Morgan fingerprint density at radius 1 is 1.56 bits per heavy atom. The molecule has 1 N–H and O–H groups in total. The monoisotopic (exact) mass is 149 g/mol. The van der Waals surface area contributed by atoms with Crippen LogP contribution in [0.3, 0.4) is 0 Å². The Bertz CT molecular complexity index is 62.1. The molecule has 0 aromatic heterocycles. The van der Waals surface area contributed by atoms with Gasteiger partial charge in [0.2, 0.25) is 0 Å². The molecular formula is C6H16NOP. The van der Waals surface area contributed by atoms with Crippen LogP contribution in [0.25, 0.3) is 0 Å². The normalized spacial score (nSPS) is 27.3. The number of aliphatic hydroxyl groups is 1. The molecule has 56 valence electrons. The number of nitrogens with zero attached hydrogens (tertiary/aromatic N) is 1. The highest BCUT2D eigenvalue weighted by Gasteiger charge is 2.15. The highest BCUT2D eigenvalue weighted by atomic mass is 31.0. The summed E-state index contributed by atoms with van der Waals surface area (Å²) in [5, 5.41) is 8.84. The topological polar surface area (TPSA) is 23.5 Å². The second kappa shape index (κ2) is 5.16. The van der Waals surface area contributed by atoms with Gasteiger partial charge in [0, 0.05) is 13.1 Å². The minimum absolute atomic E-state index is 0.0718. The van der Waals surface area contributed by atoms with Crippen molar-refractivity contribution in [3.63, 3.8) is 0 Å². The molecule has 0 saturated carbocycles. The quantitative estimate of drug-likeness (QED) is 0.516. The van der Waals surface area contributed by atoms with Crippen molar-refractivity contribution in [2.75, 3.05) is 13.1 Å². The first-order chi connectivity index (χ1) is 4.29. The predicted octanol–water partition coefficient (Wildman–Crippen LogP) is 0.869. The molecule has 0 radical (unpaired) electrons. The van der Waals surface area contributed by atoms with Crippen LogP contribution in [-0.2, 0) is 0 Å². The Kier molecular flexibility index (Phi) is 5.36. The molecule has 1 saturated heterocycles. The Morgan fingerprint density at radius 3 is 2.22 bits per heavy atom. The summed E-state index contributed by atoms with van der Waals surface area (Å²) in [7, 11) is 2.57. The predicted molar refractivity (Wildman–Crippen MR) is 43.3 cm³/mol. The van der Waals surface area contributed by atoms with E-state index in [0.29, 0.717) is 0 Å². The van der Waals surface area contributed by atoms with Crippen LogP contribution >= 0.6 is 9.39 Å². The maximum atomic E-state index is 8.84. The number of hydrogen-bond acceptors (Lipinski definition) is 2. The average molecular weight is 149 g/mol. The molecule has 1 aliphatic heterocycles. The fourth-order valence-electron chi connectivity index (χ4n) is 0.768. The molecule has 2 unspecified atom stereocenters. The van der Waals surface area contributed by atoms with E-state index in [1.54, 1.807) is 0 Å². The highest BCUT2D eigenvalue weighted by molar-refractivity contribution is 7.13. The lowest BCUT2D eigenvalue weighted by atomic mass is 10.3. The summed E-state index contributed by atoms with van der Waals surface area (Å²) in [6.07, 6.45) is 0.862. The number of aliphatic hydroxyl groups excluding tert-OH is 1. The van der Waals surface area contributed by atoms with Gasteiger partial charge in [0.25, 0.3) is 0 Å². The van der Waals surface area contributed by atoms with Crippen molar-refractivity contribution in [3.05, 3.63) is 0 Å². The van der Waals surface area contributed by atoms with Crippen LogP contribution < -0.4 is 0 Å². The van der Waals surface area contributed by atoms with Gasteiger partial charge in [-0.3, -0.25) is 4.67 Å². The van der Waals surface area contributed by atoms with Crippen molar-refractivity contribution >= 4 is 9.39 Å². The van der Waals surface area contributed by atoms with Crippen molar-refractivity contribution in [2.24, 2.45) is 0 Å². The molecule has 1 heterocycles. The van der Waals surface area contributed by atoms with E-state index in [4.69, 9.17) is 5.11 Å². The minimum Gasteiger partial charge on any atom is -0.392 e. The van der Waals surface area contributed by atoms with Gasteiger partial charge in [-0.15, -0.1) is 0 Å². The van der Waals surface area contributed by atoms with E-state index in [1.165, 1.54) is 0 Å². The van der Waals surface area contributed by atoms with Gasteiger partial charge < -0.3 is 5.11 Å². The van der Waals surface area contributed by atoms with Gasteiger partial charge in [-0.25, -0.2) is 0 Å². The van der Waals surface area contributed by atoms with Crippen molar-refractivity contribution in [1.82, 2.24) is 4.67 Å². The Balaban J connectivity index is 0.000000291. The molecule has 9 heavy (non-hydrogen) atoms. The van der Waals surface area contributed by atoms with Gasteiger partial charge in [-0.1, -0.05) is 23.2 Å². The van der Waals surface area contributed by atoms with Crippen LogP contribution in [-0.4, -0.2) is 29.0 Å². The molecule has 3 heteroatoms. The first-order valence-corrected chi connectivity index (χ1v) is 3.98. The average Bonchev–Trinajstić information content (AvgIpc) is 2.20. The molecule has 1 aliphatic rings. The standard InChI is InChI=1S/C4H10NOP.C2H6/c6-4-1-2-5(7)3-4;1-2/h4,6H,1-3,7H2;1-2H3. The Labute approximate surface area is 59.5 Å². The summed E-state index contributed by atoms with van der Waals surface area (Å²) < 4.78 is 2.05. The van der Waals surface area contributed by atoms with Crippen LogP contribution in [0.2, 0.25) is 0 Å². The number of β-amino-alcohol motifs (C(OH)–C–C–N with tert-alkyl or cyclic N) is 1. The molecule has 2 atom stereocenters. The molecule has 0 aromatic carbocycles. The summed E-state index contributed by atoms with van der Waals surface area (Å²) in [4.78, 5) is 0. The SMILES string of the molecule is CC.OC1CCN(P)C1. The molecule has 0 aromatic rings. The van der Waals surface area contributed by atoms with E-state index in [0.717, 1.165) is 19.5 Å². The van der Waals surface area contributed by atoms with Gasteiger partial charge >= 0.3 is 0 Å². The van der Waals surface area contributed by atoms with E-state index in [2.05, 4.69) is 9.39 Å². The summed E-state index contributed by atoms with van der Waals surface area (Å²) >= 11 is 0. The van der Waals surface area contributed by atoms with Gasteiger partial charge in [0.1, 0.15) is 0 Å². The third kappa shape index (κ3) is 3.85. The lowest BCUT2D eigenvalue weighted by Gasteiger charge is -2.02. The molecule has 0 bridgehead atoms. The second-order valence-corrected chi connectivity index (χ2v) is 2.67. The van der Waals surface area contributed by atoms with E-state index in [-0.39, 0.29) is 6.10 Å². The molecule has 0 aliphatic carbocycles. The minimum atomic E-state index is -0.0718. The maximum absolute atomic E-state index is 8.84. The zero-order valence-corrected chi connectivity index (χ0v) is 7.33. The summed E-state index contributed by atoms with van der Waals surface area (Å²) in [6, 6.07) is 0. The zero-order valence-electron chi connectivity index (χ0n) is 6.17. The fourth-order valence-corrected chi connectivity index (χ4v) is 1.16. The Morgan fingerprint density at radius 2 is 2.11 bits per heavy atom. The van der Waals surface area contributed by atoms with Crippen molar-refractivity contribution in [2.45, 2.75) is 26.4 Å². The largest absolute Gasteiger partial charge is 0.392 e. The summed E-state index contributed by atoms with van der Waals surface area (Å²) in [6.45, 7) is 5.84. The number of hydrogen-bond donors (Lipinski definition) is 1. The molecule has 0 amide bonds. The van der Waals surface area contributed by atoms with Crippen LogP contribution in [0.15, 0.2) is 0 Å². The van der Waals surface area contributed by atoms with Crippen LogP contribution in [0.4, 0.5) is 0 Å². The van der Waals surface area contributed by atoms with Gasteiger partial charge in [0.05, 0.1) is 6.10 Å². The first kappa shape index (κ1) is 9.35. The van der Waals surface area contributed by atoms with E-state index >= 15 is 0 Å². The van der Waals surface area contributed by atoms with Crippen LogP contribution in [0.1, 0.15) is 20.3 Å². The van der Waals surface area contributed by atoms with Gasteiger partial charge in [0.15, 0.2) is 0 Å². The van der Waals surface area contributed by atoms with Crippen molar-refractivity contribution < 1.29 is 5.11 Å². The molecule has 1 fully saturated rings. The first-order valence-electron chi connectivity index (χ1n) is 3.47. The van der Waals surface area contributed by atoms with Gasteiger partial charge in [-0.2, -0.15) is 0 Å². The smallest absolute Gasteiger partial charge is 0.0682 e. The maximum Gasteiger partial charge on any atom is 0.0682 e. The molecule has 0 spiro atoms. The summed E-state index contributed by atoms with van der Waals surface area (Å²) in [5.74, 6) is 0. The molecule has 2 nitrogen and oxygen atoms in total. The van der Waals surface area contributed by atoms with E-state index in [1.807, 2.05) is 18.5 Å². The van der Waals surface area contributed by atoms with E-state index < -0.39 is 0 Å². The molecule has 1 rings (SSSR count). The lowest BCUT2D eigenvalue weighted by Crippen LogP contribution is -2.09. The van der Waals surface area contributed by atoms with Crippen molar-refractivity contribution in [1.29, 1.82) is 0 Å². The fraction of sp³-hybridized carbons (Fsp3) is 1.00. The second-order valence-electron chi connectivity index (χ2n) is 1.94. The van der Waals surface area contributed by atoms with E-state index in [9.17, 15) is 0 Å². The van der Waals surface area contributed by atoms with Crippen molar-refractivity contribution in [3.8, 4) is 0 Å². The third-order valence-corrected chi connectivity index (χ3v) is 1.66. The lowest BCUT2D eigenvalue weighted by molar-refractivity contribution is 0.190. The van der Waals surface area contributed by atoms with Crippen LogP contribution in [0.5, 0.6) is 0 Å².